The molecule has 0 amide bonds. The van der Waals surface area contributed by atoms with Crippen LogP contribution in [0.15, 0.2) is 18.2 Å². The second-order valence-corrected chi connectivity index (χ2v) is 5.56. The van der Waals surface area contributed by atoms with Crippen LogP contribution in [0.3, 0.4) is 0 Å². The van der Waals surface area contributed by atoms with Gasteiger partial charge in [0.1, 0.15) is 5.82 Å². The molecule has 0 saturated carbocycles. The Balaban J connectivity index is 2.28. The summed E-state index contributed by atoms with van der Waals surface area (Å²) in [5.41, 5.74) is 2.15. The van der Waals surface area contributed by atoms with E-state index in [2.05, 4.69) is 5.10 Å². The van der Waals surface area contributed by atoms with Gasteiger partial charge in [-0.2, -0.15) is 5.10 Å². The fraction of sp³-hybridized carbons (Fsp3) is 0.400. The third kappa shape index (κ3) is 3.39. The van der Waals surface area contributed by atoms with E-state index in [1.54, 1.807) is 4.68 Å². The summed E-state index contributed by atoms with van der Waals surface area (Å²) in [4.78, 5) is 0. The number of rotatable bonds is 5. The Bertz CT molecular complexity index is 643. The maximum absolute atomic E-state index is 13.2. The van der Waals surface area contributed by atoms with Gasteiger partial charge in [0.25, 0.3) is 0 Å². The van der Waals surface area contributed by atoms with Gasteiger partial charge in [0.15, 0.2) is 0 Å². The molecule has 1 aromatic carbocycles. The van der Waals surface area contributed by atoms with E-state index in [1.807, 2.05) is 13.8 Å². The van der Waals surface area contributed by atoms with Gasteiger partial charge in [0, 0.05) is 13.0 Å². The van der Waals surface area contributed by atoms with Crippen molar-refractivity contribution in [2.45, 2.75) is 39.3 Å². The van der Waals surface area contributed by atoms with Crippen molar-refractivity contribution >= 4 is 23.2 Å². The lowest BCUT2D eigenvalue weighted by molar-refractivity contribution is 0.175. The first kappa shape index (κ1) is 16.3. The van der Waals surface area contributed by atoms with E-state index in [0.717, 1.165) is 17.8 Å². The fourth-order valence-electron chi connectivity index (χ4n) is 2.23. The molecule has 0 saturated heterocycles. The number of benzene rings is 1. The van der Waals surface area contributed by atoms with Crippen molar-refractivity contribution in [3.8, 4) is 0 Å². The number of aliphatic hydroxyl groups excluding tert-OH is 1. The van der Waals surface area contributed by atoms with Gasteiger partial charge >= 0.3 is 0 Å². The van der Waals surface area contributed by atoms with Gasteiger partial charge in [-0.3, -0.25) is 4.68 Å². The quantitative estimate of drug-likeness (QED) is 0.892. The van der Waals surface area contributed by atoms with Crippen LogP contribution < -0.4 is 0 Å². The van der Waals surface area contributed by atoms with Crippen molar-refractivity contribution in [1.82, 2.24) is 9.78 Å². The molecular formula is C15H17Cl2FN2O. The highest BCUT2D eigenvalue weighted by Crippen LogP contribution is 2.28. The van der Waals surface area contributed by atoms with Crippen molar-refractivity contribution in [2.75, 3.05) is 0 Å². The average molecular weight is 331 g/mol. The number of halogens is 3. The van der Waals surface area contributed by atoms with Crippen LogP contribution in [0.4, 0.5) is 4.39 Å². The largest absolute Gasteiger partial charge is 0.388 e. The average Bonchev–Trinajstić information content (AvgIpc) is 2.78. The number of aromatic nitrogens is 2. The minimum Gasteiger partial charge on any atom is -0.388 e. The Hall–Kier alpha value is -1.10. The maximum atomic E-state index is 13.2. The zero-order valence-electron chi connectivity index (χ0n) is 11.9. The minimum atomic E-state index is -0.813. The standard InChI is InChI=1S/C15H17Cl2FN2O/c1-3-12-15(17)13(20(4-2)19-12)8-14(21)9-5-6-11(18)10(16)7-9/h5-7,14,21H,3-4,8H2,1-2H3. The normalized spacial score (nSPS) is 12.7. The highest BCUT2D eigenvalue weighted by molar-refractivity contribution is 6.32. The van der Waals surface area contributed by atoms with Gasteiger partial charge in [-0.25, -0.2) is 4.39 Å². The molecule has 0 aliphatic carbocycles. The summed E-state index contributed by atoms with van der Waals surface area (Å²) in [6.07, 6.45) is 0.228. The van der Waals surface area contributed by atoms with Crippen LogP contribution in [0.5, 0.6) is 0 Å². The lowest BCUT2D eigenvalue weighted by atomic mass is 10.0. The summed E-state index contributed by atoms with van der Waals surface area (Å²) in [7, 11) is 0. The van der Waals surface area contributed by atoms with Gasteiger partial charge in [-0.05, 0) is 31.0 Å². The molecule has 3 nitrogen and oxygen atoms in total. The van der Waals surface area contributed by atoms with Crippen molar-refractivity contribution in [3.63, 3.8) is 0 Å². The maximum Gasteiger partial charge on any atom is 0.141 e. The molecule has 0 aliphatic heterocycles. The van der Waals surface area contributed by atoms with Gasteiger partial charge in [-0.15, -0.1) is 0 Å². The molecule has 0 radical (unpaired) electrons. The molecule has 1 N–H and O–H groups in total. The topological polar surface area (TPSA) is 38.0 Å². The van der Waals surface area contributed by atoms with Crippen molar-refractivity contribution in [2.24, 2.45) is 0 Å². The molecule has 1 aromatic heterocycles. The van der Waals surface area contributed by atoms with E-state index in [4.69, 9.17) is 23.2 Å². The molecule has 1 unspecified atom stereocenters. The van der Waals surface area contributed by atoms with Crippen molar-refractivity contribution in [3.05, 3.63) is 51.0 Å². The van der Waals surface area contributed by atoms with Crippen molar-refractivity contribution in [1.29, 1.82) is 0 Å². The van der Waals surface area contributed by atoms with Crippen LogP contribution in [0.1, 0.15) is 36.9 Å². The Labute approximate surface area is 133 Å². The monoisotopic (exact) mass is 330 g/mol. The molecule has 6 heteroatoms. The fourth-order valence-corrected chi connectivity index (χ4v) is 2.77. The van der Waals surface area contributed by atoms with Crippen LogP contribution in [0.2, 0.25) is 10.0 Å². The number of hydrogen-bond donors (Lipinski definition) is 1. The zero-order chi connectivity index (χ0) is 15.6. The van der Waals surface area contributed by atoms with E-state index in [9.17, 15) is 9.50 Å². The zero-order valence-corrected chi connectivity index (χ0v) is 13.4. The molecule has 0 bridgehead atoms. The molecule has 2 aromatic rings. The summed E-state index contributed by atoms with van der Waals surface area (Å²) >= 11 is 12.1. The van der Waals surface area contributed by atoms with Crippen LogP contribution in [0, 0.1) is 5.82 Å². The first-order valence-corrected chi connectivity index (χ1v) is 7.60. The lowest BCUT2D eigenvalue weighted by Gasteiger charge is -2.13. The molecular weight excluding hydrogens is 314 g/mol. The summed E-state index contributed by atoms with van der Waals surface area (Å²) in [6, 6.07) is 4.20. The van der Waals surface area contributed by atoms with Crippen LogP contribution in [-0.4, -0.2) is 14.9 Å². The first-order chi connectivity index (χ1) is 9.97. The molecule has 21 heavy (non-hydrogen) atoms. The van der Waals surface area contributed by atoms with Crippen LogP contribution in [0.25, 0.3) is 0 Å². The summed E-state index contributed by atoms with van der Waals surface area (Å²) in [6.45, 7) is 4.62. The predicted octanol–water partition coefficient (Wildman–Crippen LogP) is 4.19. The number of aliphatic hydroxyl groups is 1. The minimum absolute atomic E-state index is 0.00380. The van der Waals surface area contributed by atoms with E-state index in [1.165, 1.54) is 18.2 Å². The molecule has 0 spiro atoms. The second kappa shape index (κ2) is 6.77. The Morgan fingerprint density at radius 3 is 2.62 bits per heavy atom. The van der Waals surface area contributed by atoms with Crippen LogP contribution in [-0.2, 0) is 19.4 Å². The Morgan fingerprint density at radius 1 is 1.33 bits per heavy atom. The highest BCUT2D eigenvalue weighted by atomic mass is 35.5. The van der Waals surface area contributed by atoms with E-state index in [0.29, 0.717) is 23.6 Å². The number of hydrogen-bond acceptors (Lipinski definition) is 2. The smallest absolute Gasteiger partial charge is 0.141 e. The lowest BCUT2D eigenvalue weighted by Crippen LogP contribution is -2.09. The molecule has 1 heterocycles. The number of aryl methyl sites for hydroxylation is 2. The van der Waals surface area contributed by atoms with E-state index < -0.39 is 11.9 Å². The third-order valence-electron chi connectivity index (χ3n) is 3.41. The van der Waals surface area contributed by atoms with E-state index in [-0.39, 0.29) is 5.02 Å². The summed E-state index contributed by atoms with van der Waals surface area (Å²) < 4.78 is 15.0. The van der Waals surface area contributed by atoms with Crippen molar-refractivity contribution < 1.29 is 9.50 Å². The number of nitrogens with zero attached hydrogens (tertiary/aromatic N) is 2. The second-order valence-electron chi connectivity index (χ2n) is 4.77. The van der Waals surface area contributed by atoms with Gasteiger partial charge in [-0.1, -0.05) is 36.2 Å². The predicted molar refractivity (Wildman–Crippen MR) is 82.4 cm³/mol. The summed E-state index contributed by atoms with van der Waals surface area (Å²) in [5, 5.41) is 15.3. The molecule has 0 aliphatic rings. The Morgan fingerprint density at radius 2 is 2.05 bits per heavy atom. The molecule has 114 valence electrons. The molecule has 0 fully saturated rings. The third-order valence-corrected chi connectivity index (χ3v) is 4.14. The Kier molecular flexibility index (Phi) is 5.25. The van der Waals surface area contributed by atoms with Gasteiger partial charge < -0.3 is 5.11 Å². The van der Waals surface area contributed by atoms with Gasteiger partial charge in [0.2, 0.25) is 0 Å². The molecule has 2 rings (SSSR count). The van der Waals surface area contributed by atoms with Crippen LogP contribution >= 0.6 is 23.2 Å². The summed E-state index contributed by atoms with van der Waals surface area (Å²) in [5.74, 6) is -0.502. The van der Waals surface area contributed by atoms with Gasteiger partial charge in [0.05, 0.1) is 27.5 Å². The first-order valence-electron chi connectivity index (χ1n) is 6.84. The highest BCUT2D eigenvalue weighted by Gasteiger charge is 2.19. The van der Waals surface area contributed by atoms with E-state index >= 15 is 0 Å². The SMILES string of the molecule is CCc1nn(CC)c(CC(O)c2ccc(F)c(Cl)c2)c1Cl. The molecule has 1 atom stereocenters.